The number of hydrogen-bond donors (Lipinski definition) is 0. The third kappa shape index (κ3) is 13.0. The lowest BCUT2D eigenvalue weighted by Crippen LogP contribution is -2.04. The number of aryl methyl sites for hydroxylation is 1. The van der Waals surface area contributed by atoms with E-state index in [9.17, 15) is 13.0 Å². The Morgan fingerprint density at radius 3 is 1.44 bits per heavy atom. The van der Waals surface area contributed by atoms with E-state index in [1.165, 1.54) is 81.9 Å². The molecule has 252 valence electrons. The Kier molecular flexibility index (Phi) is 16.4. The summed E-state index contributed by atoms with van der Waals surface area (Å²) in [6, 6.07) is 47.6. The molecule has 0 radical (unpaired) electrons. The third-order valence-electron chi connectivity index (χ3n) is 8.04. The quantitative estimate of drug-likeness (QED) is 0.0552. The predicted molar refractivity (Wildman–Crippen MR) is 202 cm³/mol. The van der Waals surface area contributed by atoms with E-state index in [0.29, 0.717) is 12.0 Å². The number of hydrogen-bond acceptors (Lipinski definition) is 4. The molecule has 0 aromatic heterocycles. The van der Waals surface area contributed by atoms with E-state index in [-0.39, 0.29) is 15.8 Å². The largest absolute Gasteiger partial charge is 0.744 e. The Morgan fingerprint density at radius 2 is 0.917 bits per heavy atom. The lowest BCUT2D eigenvalue weighted by Gasteiger charge is -2.12. The summed E-state index contributed by atoms with van der Waals surface area (Å²) in [4.78, 5) is 6.53. The summed E-state index contributed by atoms with van der Waals surface area (Å²) in [6.07, 6.45) is 13.2. The van der Waals surface area contributed by atoms with E-state index in [1.54, 1.807) is 30.0 Å². The van der Waals surface area contributed by atoms with Gasteiger partial charge in [0, 0.05) is 9.79 Å². The summed E-state index contributed by atoms with van der Waals surface area (Å²) in [6.45, 7) is 2.23. The minimum Gasteiger partial charge on any atom is -0.744 e. The first-order valence-electron chi connectivity index (χ1n) is 17.2. The van der Waals surface area contributed by atoms with Crippen molar-refractivity contribution >= 4 is 32.8 Å². The van der Waals surface area contributed by atoms with Gasteiger partial charge in [0.15, 0.2) is 14.7 Å². The van der Waals surface area contributed by atoms with E-state index in [1.807, 2.05) is 0 Å². The van der Waals surface area contributed by atoms with Gasteiger partial charge in [0.2, 0.25) is 0 Å². The van der Waals surface area contributed by atoms with Crippen LogP contribution in [0.25, 0.3) is 0 Å². The number of benzene rings is 5. The maximum atomic E-state index is 11.2. The second-order valence-corrected chi connectivity index (χ2v) is 16.3. The highest BCUT2D eigenvalue weighted by molar-refractivity contribution is 7.99. The Hall–Kier alpha value is -3.29. The van der Waals surface area contributed by atoms with E-state index in [4.69, 9.17) is 0 Å². The highest BCUT2D eigenvalue weighted by atomic mass is 32.2. The Balaban J connectivity index is 0.000000221. The van der Waals surface area contributed by atoms with Crippen LogP contribution in [0.5, 0.6) is 0 Å². The van der Waals surface area contributed by atoms with Gasteiger partial charge in [-0.05, 0) is 85.1 Å². The van der Waals surface area contributed by atoms with Crippen molar-refractivity contribution in [3.8, 4) is 0 Å². The Morgan fingerprint density at radius 1 is 0.500 bits per heavy atom. The SMILES string of the molecule is CCCCCCCCCCCCc1ccccc1S(=O)(=O)[O-].c1ccc(Sc2ccc([S+](c3ccccc3)c3ccccc3)cc2)cc1. The van der Waals surface area contributed by atoms with Crippen molar-refractivity contribution < 1.29 is 13.0 Å². The fraction of sp³-hybridized carbons (Fsp3) is 0.286. The molecule has 5 aromatic rings. The molecule has 0 unspecified atom stereocenters. The highest BCUT2D eigenvalue weighted by Crippen LogP contribution is 2.34. The Bertz CT molecular complexity index is 1650. The Labute approximate surface area is 296 Å². The molecule has 0 saturated carbocycles. The second-order valence-electron chi connectivity index (χ2n) is 11.8. The van der Waals surface area contributed by atoms with Crippen LogP contribution in [0.3, 0.4) is 0 Å². The molecule has 0 N–H and O–H groups in total. The summed E-state index contributed by atoms with van der Waals surface area (Å²) in [5.41, 5.74) is 0.664. The van der Waals surface area contributed by atoms with Gasteiger partial charge >= 0.3 is 0 Å². The standard InChI is InChI=1S/C24H19S2.C18H30O3S/c1-4-10-20(11-5-1)25-21-16-18-24(19-17-21)26(22-12-6-2-7-13-22)23-14-8-3-9-15-23;1-2-3-4-5-6-7-8-9-10-11-14-17-15-12-13-16-18(17)22(19,20)21/h1-19H;12-13,15-16H,2-11,14H2,1H3,(H,19,20,21)/q+1;/p-1. The molecular formula is C42H48O3S3. The first kappa shape index (κ1) is 37.5. The van der Waals surface area contributed by atoms with E-state index >= 15 is 0 Å². The van der Waals surface area contributed by atoms with Crippen LogP contribution in [0.1, 0.15) is 76.7 Å². The number of unbranched alkanes of at least 4 members (excludes halogenated alkanes) is 9. The van der Waals surface area contributed by atoms with Crippen LogP contribution < -0.4 is 0 Å². The average molecular weight is 697 g/mol. The van der Waals surface area contributed by atoms with Crippen LogP contribution in [0, 0.1) is 0 Å². The minimum absolute atomic E-state index is 0.0501. The molecular weight excluding hydrogens is 649 g/mol. The zero-order chi connectivity index (χ0) is 33.9. The van der Waals surface area contributed by atoms with Crippen molar-refractivity contribution in [2.45, 2.75) is 107 Å². The lowest BCUT2D eigenvalue weighted by atomic mass is 10.0. The van der Waals surface area contributed by atoms with Gasteiger partial charge in [0.1, 0.15) is 10.1 Å². The zero-order valence-corrected chi connectivity index (χ0v) is 30.5. The van der Waals surface area contributed by atoms with Crippen LogP contribution in [0.4, 0.5) is 0 Å². The van der Waals surface area contributed by atoms with Gasteiger partial charge in [-0.25, -0.2) is 8.42 Å². The minimum atomic E-state index is -4.35. The molecule has 0 spiro atoms. The van der Waals surface area contributed by atoms with Gasteiger partial charge in [0.05, 0.1) is 15.8 Å². The van der Waals surface area contributed by atoms with Crippen LogP contribution in [-0.4, -0.2) is 13.0 Å². The molecule has 6 heteroatoms. The molecule has 0 aliphatic rings. The summed E-state index contributed by atoms with van der Waals surface area (Å²) in [5.74, 6) is 0. The molecule has 0 aliphatic heterocycles. The molecule has 0 aliphatic carbocycles. The van der Waals surface area contributed by atoms with Gasteiger partial charge < -0.3 is 4.55 Å². The first-order valence-corrected chi connectivity index (χ1v) is 20.6. The van der Waals surface area contributed by atoms with Crippen LogP contribution in [0.2, 0.25) is 0 Å². The van der Waals surface area contributed by atoms with Crippen LogP contribution >= 0.6 is 11.8 Å². The van der Waals surface area contributed by atoms with Gasteiger partial charge in [-0.1, -0.05) is 149 Å². The van der Waals surface area contributed by atoms with Crippen molar-refractivity contribution in [1.29, 1.82) is 0 Å². The topological polar surface area (TPSA) is 57.2 Å². The van der Waals surface area contributed by atoms with Crippen LogP contribution in [-0.2, 0) is 27.4 Å². The van der Waals surface area contributed by atoms with Crippen molar-refractivity contribution in [1.82, 2.24) is 0 Å². The second kappa shape index (κ2) is 20.9. The maximum absolute atomic E-state index is 11.2. The monoisotopic (exact) mass is 696 g/mol. The van der Waals surface area contributed by atoms with Gasteiger partial charge in [-0.2, -0.15) is 0 Å². The molecule has 5 rings (SSSR count). The fourth-order valence-electron chi connectivity index (χ4n) is 5.55. The molecule has 0 bridgehead atoms. The smallest absolute Gasteiger partial charge is 0.166 e. The molecule has 5 aromatic carbocycles. The number of rotatable bonds is 17. The lowest BCUT2D eigenvalue weighted by molar-refractivity contribution is 0.461. The average Bonchev–Trinajstić information content (AvgIpc) is 3.11. The van der Waals surface area contributed by atoms with Gasteiger partial charge in [0.25, 0.3) is 0 Å². The van der Waals surface area contributed by atoms with Crippen molar-refractivity contribution in [2.75, 3.05) is 0 Å². The van der Waals surface area contributed by atoms with Crippen molar-refractivity contribution in [3.63, 3.8) is 0 Å². The predicted octanol–water partition coefficient (Wildman–Crippen LogP) is 12.0. The molecule has 0 heterocycles. The van der Waals surface area contributed by atoms with E-state index in [0.717, 1.165) is 12.8 Å². The first-order chi connectivity index (χ1) is 23.5. The summed E-state index contributed by atoms with van der Waals surface area (Å²) < 4.78 is 33.5. The molecule has 3 nitrogen and oxygen atoms in total. The van der Waals surface area contributed by atoms with Crippen molar-refractivity contribution in [3.05, 3.63) is 145 Å². The van der Waals surface area contributed by atoms with E-state index < -0.39 is 10.1 Å². The molecule has 0 fully saturated rings. The molecule has 0 atom stereocenters. The summed E-state index contributed by atoms with van der Waals surface area (Å²) in [5, 5.41) is 0. The molecule has 0 amide bonds. The van der Waals surface area contributed by atoms with Gasteiger partial charge in [-0.3, -0.25) is 0 Å². The zero-order valence-electron chi connectivity index (χ0n) is 28.0. The van der Waals surface area contributed by atoms with Crippen molar-refractivity contribution in [2.24, 2.45) is 0 Å². The maximum Gasteiger partial charge on any atom is 0.166 e. The molecule has 0 saturated heterocycles. The highest BCUT2D eigenvalue weighted by Gasteiger charge is 2.28. The fourth-order valence-corrected chi connectivity index (χ4v) is 9.20. The normalized spacial score (nSPS) is 11.2. The van der Waals surface area contributed by atoms with E-state index in [2.05, 4.69) is 122 Å². The summed E-state index contributed by atoms with van der Waals surface area (Å²) >= 11 is 1.80. The van der Waals surface area contributed by atoms with Gasteiger partial charge in [-0.15, -0.1) is 0 Å². The summed E-state index contributed by atoms with van der Waals surface area (Å²) in [7, 11) is -4.42. The third-order valence-corrected chi connectivity index (χ3v) is 12.2. The van der Waals surface area contributed by atoms with Crippen LogP contribution in [0.15, 0.2) is 169 Å². The molecule has 48 heavy (non-hydrogen) atoms.